The molecule has 94 valence electrons. The highest BCUT2D eigenvalue weighted by Crippen LogP contribution is 2.14. The average molecular weight is 253 g/mol. The number of carbonyl (C=O) groups excluding carboxylic acids is 1. The zero-order valence-electron chi connectivity index (χ0n) is 10.2. The second kappa shape index (κ2) is 6.12. The first-order valence-electron chi connectivity index (χ1n) is 6.20. The van der Waals surface area contributed by atoms with Crippen molar-refractivity contribution < 1.29 is 4.79 Å². The number of hydrogen-bond donors (Lipinski definition) is 1. The Hall–Kier alpha value is -0.940. The number of aromatic nitrogens is 1. The number of thiazole rings is 1. The molecule has 4 nitrogen and oxygen atoms in total. The number of carbonyl (C=O) groups is 1. The van der Waals surface area contributed by atoms with Gasteiger partial charge in [-0.1, -0.05) is 13.3 Å². The van der Waals surface area contributed by atoms with E-state index in [1.165, 1.54) is 17.8 Å². The van der Waals surface area contributed by atoms with Gasteiger partial charge in [-0.2, -0.15) is 0 Å². The van der Waals surface area contributed by atoms with Crippen LogP contribution in [-0.2, 0) is 17.8 Å². The average Bonchev–Trinajstić information content (AvgIpc) is 2.74. The predicted molar refractivity (Wildman–Crippen MR) is 69.0 cm³/mol. The monoisotopic (exact) mass is 253 g/mol. The Morgan fingerprint density at radius 2 is 2.47 bits per heavy atom. The van der Waals surface area contributed by atoms with Crippen molar-refractivity contribution in [3.8, 4) is 0 Å². The van der Waals surface area contributed by atoms with E-state index in [1.807, 2.05) is 0 Å². The van der Waals surface area contributed by atoms with Crippen LogP contribution in [0.25, 0.3) is 0 Å². The molecule has 0 atom stereocenters. The summed E-state index contributed by atoms with van der Waals surface area (Å²) in [4.78, 5) is 18.0. The summed E-state index contributed by atoms with van der Waals surface area (Å²) in [5, 5.41) is 6.18. The summed E-state index contributed by atoms with van der Waals surface area (Å²) in [6.07, 6.45) is 3.50. The van der Waals surface area contributed by atoms with Crippen molar-refractivity contribution in [1.29, 1.82) is 0 Å². The minimum Gasteiger partial charge on any atom is -0.354 e. The van der Waals surface area contributed by atoms with Gasteiger partial charge in [0, 0.05) is 25.0 Å². The topological polar surface area (TPSA) is 45.2 Å². The van der Waals surface area contributed by atoms with Gasteiger partial charge in [-0.05, 0) is 12.8 Å². The van der Waals surface area contributed by atoms with Crippen LogP contribution in [0.15, 0.2) is 5.38 Å². The van der Waals surface area contributed by atoms with Gasteiger partial charge in [0.05, 0.1) is 17.2 Å². The van der Waals surface area contributed by atoms with E-state index in [2.05, 4.69) is 27.5 Å². The van der Waals surface area contributed by atoms with Crippen molar-refractivity contribution in [1.82, 2.24) is 15.2 Å². The molecule has 0 radical (unpaired) electrons. The summed E-state index contributed by atoms with van der Waals surface area (Å²) in [6, 6.07) is 0. The lowest BCUT2D eigenvalue weighted by Crippen LogP contribution is -2.47. The largest absolute Gasteiger partial charge is 0.354 e. The molecule has 0 saturated carbocycles. The normalized spacial score (nSPS) is 17.1. The number of rotatable bonds is 5. The molecule has 1 aromatic rings. The Labute approximate surface area is 106 Å². The number of piperazine rings is 1. The summed E-state index contributed by atoms with van der Waals surface area (Å²) in [7, 11) is 0. The van der Waals surface area contributed by atoms with E-state index in [4.69, 9.17) is 0 Å². The van der Waals surface area contributed by atoms with E-state index in [9.17, 15) is 4.79 Å². The Morgan fingerprint density at radius 1 is 1.59 bits per heavy atom. The molecule has 2 heterocycles. The number of nitrogens with zero attached hydrogens (tertiary/aromatic N) is 2. The van der Waals surface area contributed by atoms with Crippen LogP contribution in [0.3, 0.4) is 0 Å². The summed E-state index contributed by atoms with van der Waals surface area (Å²) < 4.78 is 0. The molecule has 1 amide bonds. The molecule has 1 fully saturated rings. The molecule has 1 aliphatic heterocycles. The minimum absolute atomic E-state index is 0.123. The van der Waals surface area contributed by atoms with E-state index in [0.717, 1.165) is 31.7 Å². The van der Waals surface area contributed by atoms with Crippen LogP contribution in [-0.4, -0.2) is 35.4 Å². The van der Waals surface area contributed by atoms with Gasteiger partial charge in [0.25, 0.3) is 0 Å². The van der Waals surface area contributed by atoms with Gasteiger partial charge in [0.15, 0.2) is 0 Å². The third-order valence-corrected chi connectivity index (χ3v) is 3.80. The first kappa shape index (κ1) is 12.5. The van der Waals surface area contributed by atoms with Gasteiger partial charge < -0.3 is 5.32 Å². The molecule has 0 unspecified atom stereocenters. The number of amides is 1. The first-order valence-corrected chi connectivity index (χ1v) is 7.08. The van der Waals surface area contributed by atoms with Crippen LogP contribution < -0.4 is 5.32 Å². The maximum Gasteiger partial charge on any atom is 0.234 e. The van der Waals surface area contributed by atoms with Crippen molar-refractivity contribution >= 4 is 17.2 Å². The Morgan fingerprint density at radius 3 is 3.24 bits per heavy atom. The predicted octanol–water partition coefficient (Wildman–Crippen LogP) is 1.42. The molecular formula is C12H19N3OS. The van der Waals surface area contributed by atoms with Gasteiger partial charge >= 0.3 is 0 Å². The molecule has 0 aliphatic carbocycles. The Balaban J connectivity index is 1.85. The molecule has 1 saturated heterocycles. The fraction of sp³-hybridized carbons (Fsp3) is 0.667. The number of nitrogens with one attached hydrogen (secondary N) is 1. The van der Waals surface area contributed by atoms with Gasteiger partial charge in [-0.15, -0.1) is 11.3 Å². The summed E-state index contributed by atoms with van der Waals surface area (Å²) >= 11 is 1.74. The van der Waals surface area contributed by atoms with Crippen LogP contribution >= 0.6 is 11.3 Å². The molecule has 0 spiro atoms. The van der Waals surface area contributed by atoms with Crippen LogP contribution in [0.4, 0.5) is 0 Å². The van der Waals surface area contributed by atoms with Gasteiger partial charge in [0.1, 0.15) is 0 Å². The maximum atomic E-state index is 11.2. The highest BCUT2D eigenvalue weighted by Gasteiger charge is 2.16. The van der Waals surface area contributed by atoms with E-state index < -0.39 is 0 Å². The lowest BCUT2D eigenvalue weighted by molar-refractivity contribution is -0.124. The highest BCUT2D eigenvalue weighted by atomic mass is 32.1. The van der Waals surface area contributed by atoms with Crippen molar-refractivity contribution in [2.75, 3.05) is 19.6 Å². The first-order chi connectivity index (χ1) is 8.28. The molecule has 1 N–H and O–H groups in total. The second-order valence-electron chi connectivity index (χ2n) is 4.40. The van der Waals surface area contributed by atoms with Crippen LogP contribution in [0.2, 0.25) is 0 Å². The number of hydrogen-bond acceptors (Lipinski definition) is 4. The SMILES string of the molecule is CCCCc1nc(CN2CCNC(=O)C2)cs1. The molecule has 1 aliphatic rings. The quantitative estimate of drug-likeness (QED) is 0.863. The Kier molecular flexibility index (Phi) is 4.50. The van der Waals surface area contributed by atoms with Crippen molar-refractivity contribution in [2.24, 2.45) is 0 Å². The minimum atomic E-state index is 0.123. The standard InChI is InChI=1S/C12H19N3OS/c1-2-3-4-12-14-10(9-17-12)7-15-6-5-13-11(16)8-15/h9H,2-8H2,1H3,(H,13,16). The van der Waals surface area contributed by atoms with Crippen LogP contribution in [0.5, 0.6) is 0 Å². The third kappa shape index (κ3) is 3.78. The van der Waals surface area contributed by atoms with E-state index in [0.29, 0.717) is 6.54 Å². The van der Waals surface area contributed by atoms with Crippen LogP contribution in [0.1, 0.15) is 30.5 Å². The summed E-state index contributed by atoms with van der Waals surface area (Å²) in [5.74, 6) is 0.123. The van der Waals surface area contributed by atoms with Crippen molar-refractivity contribution in [3.63, 3.8) is 0 Å². The van der Waals surface area contributed by atoms with Crippen LogP contribution in [0, 0.1) is 0 Å². The fourth-order valence-corrected chi connectivity index (χ4v) is 2.75. The zero-order chi connectivity index (χ0) is 12.1. The van der Waals surface area contributed by atoms with Gasteiger partial charge in [0.2, 0.25) is 5.91 Å². The van der Waals surface area contributed by atoms with Gasteiger partial charge in [-0.25, -0.2) is 4.98 Å². The number of aryl methyl sites for hydroxylation is 1. The molecule has 1 aromatic heterocycles. The third-order valence-electron chi connectivity index (χ3n) is 2.85. The molecule has 5 heteroatoms. The zero-order valence-corrected chi connectivity index (χ0v) is 11.1. The smallest absolute Gasteiger partial charge is 0.234 e. The second-order valence-corrected chi connectivity index (χ2v) is 5.34. The summed E-state index contributed by atoms with van der Waals surface area (Å²) in [6.45, 7) is 5.18. The van der Waals surface area contributed by atoms with E-state index >= 15 is 0 Å². The Bertz CT molecular complexity index is 378. The van der Waals surface area contributed by atoms with E-state index in [1.54, 1.807) is 11.3 Å². The lowest BCUT2D eigenvalue weighted by atomic mass is 10.2. The molecule has 0 aromatic carbocycles. The number of unbranched alkanes of at least 4 members (excludes halogenated alkanes) is 1. The molecule has 0 bridgehead atoms. The van der Waals surface area contributed by atoms with Crippen molar-refractivity contribution in [3.05, 3.63) is 16.1 Å². The van der Waals surface area contributed by atoms with Gasteiger partial charge in [-0.3, -0.25) is 9.69 Å². The van der Waals surface area contributed by atoms with Crippen molar-refractivity contribution in [2.45, 2.75) is 32.7 Å². The molecule has 17 heavy (non-hydrogen) atoms. The van der Waals surface area contributed by atoms with E-state index in [-0.39, 0.29) is 5.91 Å². The molecule has 2 rings (SSSR count). The summed E-state index contributed by atoms with van der Waals surface area (Å²) in [5.41, 5.74) is 1.11. The maximum absolute atomic E-state index is 11.2. The molecular weight excluding hydrogens is 234 g/mol. The fourth-order valence-electron chi connectivity index (χ4n) is 1.92. The lowest BCUT2D eigenvalue weighted by Gasteiger charge is -2.25. The highest BCUT2D eigenvalue weighted by molar-refractivity contribution is 7.09.